The zero-order valence-electron chi connectivity index (χ0n) is 13.6. The van der Waals surface area contributed by atoms with E-state index in [4.69, 9.17) is 0 Å². The smallest absolute Gasteiger partial charge is 0.385 e. The molecule has 0 saturated carbocycles. The molecule has 0 spiro atoms. The van der Waals surface area contributed by atoms with Crippen molar-refractivity contribution in [1.29, 1.82) is 0 Å². The van der Waals surface area contributed by atoms with Gasteiger partial charge in [0.2, 0.25) is 0 Å². The van der Waals surface area contributed by atoms with Crippen LogP contribution in [-0.2, 0) is 9.84 Å². The minimum atomic E-state index is -5.37. The summed E-state index contributed by atoms with van der Waals surface area (Å²) in [5.41, 5.74) is -4.91. The fourth-order valence-electron chi connectivity index (χ4n) is 2.75. The first-order valence-electron chi connectivity index (χ1n) is 7.83. The van der Waals surface area contributed by atoms with Crippen LogP contribution in [0.5, 0.6) is 0 Å². The quantitative estimate of drug-likeness (QED) is 0.761. The molecule has 0 atom stereocenters. The van der Waals surface area contributed by atoms with E-state index in [1.807, 2.05) is 0 Å². The first-order chi connectivity index (χ1) is 11.9. The minimum Gasteiger partial charge on any atom is -0.385 e. The molecule has 0 bridgehead atoms. The number of piperidine rings is 1. The Morgan fingerprint density at radius 2 is 1.54 bits per heavy atom. The number of nitrogens with zero attached hydrogens (tertiary/aromatic N) is 1. The van der Waals surface area contributed by atoms with E-state index in [0.717, 1.165) is 12.1 Å². The van der Waals surface area contributed by atoms with Crippen molar-refractivity contribution < 1.29 is 34.8 Å². The number of likely N-dealkylation sites (tertiary alicyclic amines) is 1. The molecule has 4 nitrogen and oxygen atoms in total. The summed E-state index contributed by atoms with van der Waals surface area (Å²) >= 11 is 0. The molecule has 1 aromatic rings. The average molecular weight is 404 g/mol. The van der Waals surface area contributed by atoms with E-state index >= 15 is 0 Å². The lowest BCUT2D eigenvalue weighted by molar-refractivity contribution is -0.148. The third-order valence-corrected chi connectivity index (χ3v) is 5.68. The van der Waals surface area contributed by atoms with Crippen LogP contribution >= 0.6 is 0 Å². The highest BCUT2D eigenvalue weighted by atomic mass is 32.2. The molecule has 1 aliphatic heterocycles. The predicted octanol–water partition coefficient (Wildman–Crippen LogP) is 3.67. The summed E-state index contributed by atoms with van der Waals surface area (Å²) in [6.07, 6.45) is -3.07. The molecule has 0 aliphatic carbocycles. The first-order valence-corrected chi connectivity index (χ1v) is 9.31. The monoisotopic (exact) mass is 404 g/mol. The Kier molecular flexibility index (Phi) is 6.11. The Hall–Kier alpha value is -1.49. The molecule has 148 valence electrons. The zero-order valence-corrected chi connectivity index (χ0v) is 14.4. The number of hydrogen-bond acceptors (Lipinski definition) is 4. The normalized spacial score (nSPS) is 18.1. The number of nitrogens with one attached hydrogen (secondary N) is 1. The lowest BCUT2D eigenvalue weighted by Gasteiger charge is -2.32. The molecule has 2 rings (SSSR count). The summed E-state index contributed by atoms with van der Waals surface area (Å²) < 4.78 is 96.9. The zero-order chi connectivity index (χ0) is 19.6. The number of benzene rings is 1. The Morgan fingerprint density at radius 1 is 1.00 bits per heavy atom. The second-order valence-corrected chi connectivity index (χ2v) is 8.13. The van der Waals surface area contributed by atoms with Gasteiger partial charge in [-0.2, -0.15) is 26.3 Å². The summed E-state index contributed by atoms with van der Waals surface area (Å²) in [6.45, 7) is 0.177. The number of hydrogen-bond donors (Lipinski definition) is 1. The van der Waals surface area contributed by atoms with Crippen LogP contribution < -0.4 is 5.32 Å². The predicted molar refractivity (Wildman–Crippen MR) is 83.4 cm³/mol. The van der Waals surface area contributed by atoms with Crippen LogP contribution in [0.4, 0.5) is 32.0 Å². The number of anilines is 1. The van der Waals surface area contributed by atoms with Gasteiger partial charge in [0.25, 0.3) is 9.84 Å². The first kappa shape index (κ1) is 20.8. The van der Waals surface area contributed by atoms with Crippen molar-refractivity contribution >= 4 is 15.5 Å². The van der Waals surface area contributed by atoms with Crippen LogP contribution in [-0.4, -0.2) is 51.2 Å². The molecule has 0 unspecified atom stereocenters. The van der Waals surface area contributed by atoms with Crippen LogP contribution in [0.3, 0.4) is 0 Å². The van der Waals surface area contributed by atoms with Crippen molar-refractivity contribution in [2.45, 2.75) is 29.4 Å². The van der Waals surface area contributed by atoms with E-state index in [1.54, 1.807) is 0 Å². The Morgan fingerprint density at radius 3 is 2.00 bits per heavy atom. The number of halogens is 6. The molecular weight excluding hydrogens is 386 g/mol. The SMILES string of the molecule is O=S(=O)(c1ccc(NCC2CCN(CC(F)(F)F)CC2)cc1)C(F)(F)F. The average Bonchev–Trinajstić information content (AvgIpc) is 2.52. The van der Waals surface area contributed by atoms with E-state index < -0.39 is 33.0 Å². The number of alkyl halides is 6. The van der Waals surface area contributed by atoms with Crippen LogP contribution in [0, 0.1) is 5.92 Å². The maximum absolute atomic E-state index is 12.5. The summed E-state index contributed by atoms with van der Waals surface area (Å²) in [4.78, 5) is 0.504. The largest absolute Gasteiger partial charge is 0.501 e. The highest BCUT2D eigenvalue weighted by Gasteiger charge is 2.46. The van der Waals surface area contributed by atoms with Gasteiger partial charge in [0.15, 0.2) is 0 Å². The second-order valence-electron chi connectivity index (χ2n) is 6.19. The standard InChI is InChI=1S/C15H18F6N2O2S/c16-14(17,18)10-23-7-5-11(6-8-23)9-22-12-1-3-13(4-2-12)26(24,25)15(19,20)21/h1-4,11,22H,5-10H2. The maximum atomic E-state index is 12.5. The van der Waals surface area contributed by atoms with Gasteiger partial charge in [-0.15, -0.1) is 0 Å². The molecule has 0 radical (unpaired) electrons. The molecule has 1 saturated heterocycles. The van der Waals surface area contributed by atoms with Crippen molar-refractivity contribution in [2.75, 3.05) is 31.5 Å². The molecule has 0 amide bonds. The molecule has 0 aromatic heterocycles. The summed E-state index contributed by atoms with van der Waals surface area (Å²) in [7, 11) is -5.37. The molecule has 1 aliphatic rings. The molecule has 1 heterocycles. The maximum Gasteiger partial charge on any atom is 0.501 e. The third-order valence-electron chi connectivity index (χ3n) is 4.17. The van der Waals surface area contributed by atoms with Crippen molar-refractivity contribution in [3.63, 3.8) is 0 Å². The van der Waals surface area contributed by atoms with Crippen LogP contribution in [0.15, 0.2) is 29.2 Å². The van der Waals surface area contributed by atoms with Gasteiger partial charge in [-0.1, -0.05) is 0 Å². The summed E-state index contributed by atoms with van der Waals surface area (Å²) in [5, 5.41) is 2.98. The number of sulfone groups is 1. The van der Waals surface area contributed by atoms with Crippen LogP contribution in [0.1, 0.15) is 12.8 Å². The topological polar surface area (TPSA) is 49.4 Å². The van der Waals surface area contributed by atoms with Gasteiger partial charge in [0, 0.05) is 12.2 Å². The molecule has 1 N–H and O–H groups in total. The van der Waals surface area contributed by atoms with Crippen molar-refractivity contribution in [2.24, 2.45) is 5.92 Å². The van der Waals surface area contributed by atoms with E-state index in [2.05, 4.69) is 5.32 Å². The van der Waals surface area contributed by atoms with Gasteiger partial charge >= 0.3 is 11.7 Å². The van der Waals surface area contributed by atoms with E-state index in [9.17, 15) is 34.8 Å². The van der Waals surface area contributed by atoms with Gasteiger partial charge in [-0.25, -0.2) is 8.42 Å². The van der Waals surface area contributed by atoms with E-state index in [0.29, 0.717) is 38.2 Å². The van der Waals surface area contributed by atoms with Gasteiger partial charge in [0.1, 0.15) is 0 Å². The Balaban J connectivity index is 1.84. The van der Waals surface area contributed by atoms with Crippen LogP contribution in [0.25, 0.3) is 0 Å². The lowest BCUT2D eigenvalue weighted by Crippen LogP contribution is -2.41. The van der Waals surface area contributed by atoms with Gasteiger partial charge in [-0.3, -0.25) is 4.90 Å². The minimum absolute atomic E-state index is 0.137. The fourth-order valence-corrected chi connectivity index (χ4v) is 3.51. The Bertz CT molecular complexity index is 692. The molecule has 26 heavy (non-hydrogen) atoms. The Labute approximate surface area is 147 Å². The van der Waals surface area contributed by atoms with Gasteiger partial charge < -0.3 is 5.32 Å². The molecule has 11 heteroatoms. The highest BCUT2D eigenvalue weighted by Crippen LogP contribution is 2.31. The summed E-state index contributed by atoms with van der Waals surface area (Å²) in [5.74, 6) is 0.137. The summed E-state index contributed by atoms with van der Waals surface area (Å²) in [6, 6.07) is 4.21. The lowest BCUT2D eigenvalue weighted by atomic mass is 9.96. The van der Waals surface area contributed by atoms with E-state index in [1.165, 1.54) is 17.0 Å². The molecular formula is C15H18F6N2O2S. The van der Waals surface area contributed by atoms with Crippen molar-refractivity contribution in [3.05, 3.63) is 24.3 Å². The highest BCUT2D eigenvalue weighted by molar-refractivity contribution is 7.92. The van der Waals surface area contributed by atoms with E-state index in [-0.39, 0.29) is 5.92 Å². The van der Waals surface area contributed by atoms with Crippen molar-refractivity contribution in [3.8, 4) is 0 Å². The van der Waals surface area contributed by atoms with Gasteiger partial charge in [-0.05, 0) is 56.1 Å². The van der Waals surface area contributed by atoms with Crippen LogP contribution in [0.2, 0.25) is 0 Å². The molecule has 1 fully saturated rings. The third kappa shape index (κ3) is 5.50. The molecule has 1 aromatic carbocycles. The number of rotatable bonds is 5. The fraction of sp³-hybridized carbons (Fsp3) is 0.600. The van der Waals surface area contributed by atoms with Crippen molar-refractivity contribution in [1.82, 2.24) is 4.90 Å². The van der Waals surface area contributed by atoms with Gasteiger partial charge in [0.05, 0.1) is 11.4 Å². The second kappa shape index (κ2) is 7.63.